The summed E-state index contributed by atoms with van der Waals surface area (Å²) in [6.07, 6.45) is 3.93. The Bertz CT molecular complexity index is 971. The molecule has 0 saturated carbocycles. The highest BCUT2D eigenvalue weighted by atomic mass is 16.5. The Morgan fingerprint density at radius 1 is 1.00 bits per heavy atom. The van der Waals surface area contributed by atoms with Crippen LogP contribution in [-0.2, 0) is 16.1 Å². The minimum absolute atomic E-state index is 0.207. The molecule has 3 rings (SSSR count). The summed E-state index contributed by atoms with van der Waals surface area (Å²) in [5, 5.41) is 6.04. The van der Waals surface area contributed by atoms with Gasteiger partial charge in [0.05, 0.1) is 5.41 Å². The van der Waals surface area contributed by atoms with Crippen molar-refractivity contribution in [1.82, 2.24) is 5.32 Å². The van der Waals surface area contributed by atoms with Crippen molar-refractivity contribution in [1.29, 1.82) is 0 Å². The van der Waals surface area contributed by atoms with Crippen molar-refractivity contribution in [2.75, 3.05) is 6.54 Å². The summed E-state index contributed by atoms with van der Waals surface area (Å²) < 4.78 is 5.48. The van der Waals surface area contributed by atoms with Gasteiger partial charge in [0, 0.05) is 12.6 Å². The van der Waals surface area contributed by atoms with Gasteiger partial charge in [0.25, 0.3) is 0 Å². The topological polar surface area (TPSA) is 38.3 Å². The van der Waals surface area contributed by atoms with E-state index in [1.165, 1.54) is 16.3 Å². The average molecular weight is 388 g/mol. The molecule has 0 aliphatic carbocycles. The zero-order chi connectivity index (χ0) is 20.7. The van der Waals surface area contributed by atoms with Crippen LogP contribution in [0.4, 0.5) is 0 Å². The van der Waals surface area contributed by atoms with Gasteiger partial charge in [0.1, 0.15) is 6.61 Å². The molecule has 0 spiro atoms. The van der Waals surface area contributed by atoms with Gasteiger partial charge in [-0.2, -0.15) is 0 Å². The number of rotatable bonds is 8. The van der Waals surface area contributed by atoms with E-state index in [-0.39, 0.29) is 12.0 Å². The maximum Gasteiger partial charge on any atom is 0.315 e. The van der Waals surface area contributed by atoms with Gasteiger partial charge >= 0.3 is 5.97 Å². The van der Waals surface area contributed by atoms with Crippen LogP contribution in [0.5, 0.6) is 0 Å². The number of ether oxygens (including phenoxy) is 1. The fraction of sp³-hybridized carbons (Fsp3) is 0.269. The van der Waals surface area contributed by atoms with Crippen LogP contribution in [0.25, 0.3) is 10.8 Å². The summed E-state index contributed by atoms with van der Waals surface area (Å²) in [5.41, 5.74) is 1.60. The molecule has 0 unspecified atom stereocenters. The Kier molecular flexibility index (Phi) is 6.84. The van der Waals surface area contributed by atoms with Crippen LogP contribution in [0.3, 0.4) is 0 Å². The van der Waals surface area contributed by atoms with E-state index in [2.05, 4.69) is 54.7 Å². The zero-order valence-electron chi connectivity index (χ0n) is 17.4. The first-order valence-electron chi connectivity index (χ1n) is 10.1. The Morgan fingerprint density at radius 2 is 1.69 bits per heavy atom. The predicted octanol–water partition coefficient (Wildman–Crippen LogP) is 5.82. The van der Waals surface area contributed by atoms with Crippen LogP contribution in [0.2, 0.25) is 0 Å². The van der Waals surface area contributed by atoms with Gasteiger partial charge in [-0.1, -0.05) is 84.9 Å². The lowest BCUT2D eigenvalue weighted by molar-refractivity contribution is -0.152. The van der Waals surface area contributed by atoms with Crippen molar-refractivity contribution < 1.29 is 9.53 Å². The van der Waals surface area contributed by atoms with Crippen LogP contribution in [0, 0.1) is 5.41 Å². The molecule has 0 amide bonds. The lowest BCUT2D eigenvalue weighted by atomic mass is 9.93. The van der Waals surface area contributed by atoms with Crippen LogP contribution < -0.4 is 5.32 Å². The maximum atomic E-state index is 12.4. The van der Waals surface area contributed by atoms with Gasteiger partial charge in [0.15, 0.2) is 0 Å². The molecule has 1 N–H and O–H groups in total. The lowest BCUT2D eigenvalue weighted by Gasteiger charge is -2.19. The minimum Gasteiger partial charge on any atom is -0.460 e. The second kappa shape index (κ2) is 9.53. The molecule has 0 saturated heterocycles. The normalized spacial score (nSPS) is 12.9. The second-order valence-electron chi connectivity index (χ2n) is 7.88. The molecule has 0 aromatic heterocycles. The van der Waals surface area contributed by atoms with Gasteiger partial charge in [-0.3, -0.25) is 4.79 Å². The smallest absolute Gasteiger partial charge is 0.315 e. The summed E-state index contributed by atoms with van der Waals surface area (Å²) in [7, 11) is 0. The first-order chi connectivity index (χ1) is 14.0. The molecule has 3 heteroatoms. The van der Waals surface area contributed by atoms with Crippen LogP contribution in [0.1, 0.15) is 37.9 Å². The number of hydrogen-bond donors (Lipinski definition) is 1. The maximum absolute atomic E-state index is 12.4. The second-order valence-corrected chi connectivity index (χ2v) is 7.88. The molecule has 29 heavy (non-hydrogen) atoms. The van der Waals surface area contributed by atoms with Gasteiger partial charge in [0.2, 0.25) is 0 Å². The molecular formula is C26H29NO2. The van der Waals surface area contributed by atoms with Crippen LogP contribution >= 0.6 is 0 Å². The van der Waals surface area contributed by atoms with Crippen molar-refractivity contribution >= 4 is 16.7 Å². The van der Waals surface area contributed by atoms with E-state index in [0.29, 0.717) is 13.2 Å². The Labute approximate surface area is 173 Å². The molecule has 3 aromatic carbocycles. The quantitative estimate of drug-likeness (QED) is 0.391. The van der Waals surface area contributed by atoms with Crippen molar-refractivity contribution in [3.05, 3.63) is 96.1 Å². The van der Waals surface area contributed by atoms with E-state index in [0.717, 1.165) is 5.56 Å². The summed E-state index contributed by atoms with van der Waals surface area (Å²) in [6.45, 7) is 6.90. The summed E-state index contributed by atoms with van der Waals surface area (Å²) >= 11 is 0. The third kappa shape index (κ3) is 5.55. The summed E-state index contributed by atoms with van der Waals surface area (Å²) in [4.78, 5) is 12.4. The Balaban J connectivity index is 1.53. The SMILES string of the molecule is C[C@@H](NC/C=C\C(C)(C)C(=O)OCc1ccccc1)c1cccc2ccccc12. The zero-order valence-corrected chi connectivity index (χ0v) is 17.4. The number of carbonyl (C=O) groups is 1. The molecule has 0 heterocycles. The monoisotopic (exact) mass is 387 g/mol. The standard InChI is InChI=1S/C26H29NO2/c1-20(23-16-9-14-22-13-7-8-15-24(22)23)27-18-10-17-26(2,3)25(28)29-19-21-11-5-4-6-12-21/h4-17,20,27H,18-19H2,1-3H3/b17-10-/t20-/m1/s1. The Hall–Kier alpha value is -2.91. The first kappa shape index (κ1) is 20.8. The summed E-state index contributed by atoms with van der Waals surface area (Å²) in [5.74, 6) is -0.222. The fourth-order valence-corrected chi connectivity index (χ4v) is 3.31. The van der Waals surface area contributed by atoms with E-state index in [1.807, 2.05) is 56.3 Å². The first-order valence-corrected chi connectivity index (χ1v) is 10.1. The molecule has 0 bridgehead atoms. The average Bonchev–Trinajstić information content (AvgIpc) is 2.75. The molecule has 3 nitrogen and oxygen atoms in total. The molecule has 0 aliphatic heterocycles. The number of benzene rings is 3. The van der Waals surface area contributed by atoms with Crippen molar-refractivity contribution in [3.8, 4) is 0 Å². The predicted molar refractivity (Wildman–Crippen MR) is 120 cm³/mol. The van der Waals surface area contributed by atoms with Crippen molar-refractivity contribution in [2.45, 2.75) is 33.4 Å². The highest BCUT2D eigenvalue weighted by molar-refractivity contribution is 5.86. The molecule has 1 atom stereocenters. The number of carbonyl (C=O) groups excluding carboxylic acids is 1. The van der Waals surface area contributed by atoms with Crippen molar-refractivity contribution in [3.63, 3.8) is 0 Å². The molecular weight excluding hydrogens is 358 g/mol. The van der Waals surface area contributed by atoms with Gasteiger partial charge in [-0.15, -0.1) is 0 Å². The largest absolute Gasteiger partial charge is 0.460 e. The molecule has 150 valence electrons. The summed E-state index contributed by atoms with van der Waals surface area (Å²) in [6, 6.07) is 24.8. The Morgan fingerprint density at radius 3 is 2.48 bits per heavy atom. The molecule has 0 fully saturated rings. The highest BCUT2D eigenvalue weighted by Crippen LogP contribution is 2.24. The van der Waals surface area contributed by atoms with Crippen LogP contribution in [0.15, 0.2) is 84.9 Å². The number of fused-ring (bicyclic) bond motifs is 1. The van der Waals surface area contributed by atoms with Gasteiger partial charge < -0.3 is 10.1 Å². The van der Waals surface area contributed by atoms with E-state index in [4.69, 9.17) is 4.74 Å². The number of nitrogens with one attached hydrogen (secondary N) is 1. The van der Waals surface area contributed by atoms with E-state index < -0.39 is 5.41 Å². The van der Waals surface area contributed by atoms with Crippen molar-refractivity contribution in [2.24, 2.45) is 5.41 Å². The highest BCUT2D eigenvalue weighted by Gasteiger charge is 2.26. The molecule has 0 aliphatic rings. The van der Waals surface area contributed by atoms with Crippen LogP contribution in [-0.4, -0.2) is 12.5 Å². The van der Waals surface area contributed by atoms with Gasteiger partial charge in [-0.25, -0.2) is 0 Å². The van der Waals surface area contributed by atoms with Gasteiger partial charge in [-0.05, 0) is 42.7 Å². The third-order valence-corrected chi connectivity index (χ3v) is 5.11. The lowest BCUT2D eigenvalue weighted by Crippen LogP contribution is -2.25. The molecule has 3 aromatic rings. The molecule has 0 radical (unpaired) electrons. The minimum atomic E-state index is -0.668. The van der Waals surface area contributed by atoms with E-state index in [9.17, 15) is 4.79 Å². The number of hydrogen-bond acceptors (Lipinski definition) is 3. The van der Waals surface area contributed by atoms with E-state index >= 15 is 0 Å². The third-order valence-electron chi connectivity index (χ3n) is 5.11. The fourth-order valence-electron chi connectivity index (χ4n) is 3.31. The van der Waals surface area contributed by atoms with E-state index in [1.54, 1.807) is 0 Å². The number of esters is 1.